The number of carbonyl (C=O) groups excluding carboxylic acids is 4. The van der Waals surface area contributed by atoms with Gasteiger partial charge in [-0.05, 0) is 37.6 Å². The predicted molar refractivity (Wildman–Crippen MR) is 176 cm³/mol. The summed E-state index contributed by atoms with van der Waals surface area (Å²) in [4.78, 5) is 50.5. The molecule has 0 spiro atoms. The number of anilines is 1. The largest absolute Gasteiger partial charge is 0.379 e. The van der Waals surface area contributed by atoms with E-state index in [-0.39, 0.29) is 62.1 Å². The van der Waals surface area contributed by atoms with E-state index < -0.39 is 0 Å². The van der Waals surface area contributed by atoms with E-state index in [1.54, 1.807) is 4.90 Å². The van der Waals surface area contributed by atoms with Gasteiger partial charge in [-0.1, -0.05) is 42.2 Å². The van der Waals surface area contributed by atoms with Gasteiger partial charge in [-0.15, -0.1) is 0 Å². The SMILES string of the molecule is CC(C)NC(=O)CNC(=O)CCOCCOCCOCCOCCNC(=O)CCC(=O)N1Cc2ccccc2C#Cc2ccccc21. The molecule has 0 saturated heterocycles. The van der Waals surface area contributed by atoms with Gasteiger partial charge in [0.05, 0.1) is 71.6 Å². The van der Waals surface area contributed by atoms with Crippen LogP contribution in [0.1, 0.15) is 49.8 Å². The number of nitrogens with zero attached hydrogens (tertiary/aromatic N) is 1. The summed E-state index contributed by atoms with van der Waals surface area (Å²) in [7, 11) is 0. The number of amides is 4. The van der Waals surface area contributed by atoms with E-state index in [0.29, 0.717) is 59.3 Å². The number of hydrogen-bond acceptors (Lipinski definition) is 8. The fourth-order valence-electron chi connectivity index (χ4n) is 4.48. The predicted octanol–water partition coefficient (Wildman–Crippen LogP) is 1.93. The highest BCUT2D eigenvalue weighted by Gasteiger charge is 2.21. The summed E-state index contributed by atoms with van der Waals surface area (Å²) in [6.45, 7) is 7.23. The van der Waals surface area contributed by atoms with Crippen molar-refractivity contribution in [2.45, 2.75) is 45.7 Å². The molecule has 4 amide bonds. The van der Waals surface area contributed by atoms with E-state index in [9.17, 15) is 19.2 Å². The number of ether oxygens (including phenoxy) is 4. The summed E-state index contributed by atoms with van der Waals surface area (Å²) in [6, 6.07) is 15.4. The van der Waals surface area contributed by atoms with E-state index in [1.807, 2.05) is 62.4 Å². The third-order valence-corrected chi connectivity index (χ3v) is 6.79. The first kappa shape index (κ1) is 37.2. The number of carbonyl (C=O) groups is 4. The minimum Gasteiger partial charge on any atom is -0.379 e. The van der Waals surface area contributed by atoms with Gasteiger partial charge in [-0.3, -0.25) is 19.2 Å². The zero-order valence-corrected chi connectivity index (χ0v) is 27.3. The highest BCUT2D eigenvalue weighted by atomic mass is 16.6. The maximum absolute atomic E-state index is 13.2. The number of benzene rings is 2. The molecule has 1 heterocycles. The smallest absolute Gasteiger partial charge is 0.239 e. The lowest BCUT2D eigenvalue weighted by molar-refractivity contribution is -0.127. The molecule has 0 atom stereocenters. The van der Waals surface area contributed by atoms with Crippen LogP contribution in [-0.2, 0) is 44.7 Å². The molecule has 2 aromatic rings. The number of hydrogen-bond donors (Lipinski definition) is 3. The number of rotatable bonds is 21. The minimum atomic E-state index is -0.247. The van der Waals surface area contributed by atoms with E-state index >= 15 is 0 Å². The van der Waals surface area contributed by atoms with Gasteiger partial charge in [-0.2, -0.15) is 0 Å². The Morgan fingerprint density at radius 1 is 0.681 bits per heavy atom. The molecule has 1 aliphatic rings. The van der Waals surface area contributed by atoms with Gasteiger partial charge in [0.1, 0.15) is 0 Å². The van der Waals surface area contributed by atoms with Crippen molar-refractivity contribution in [3.8, 4) is 11.8 Å². The molecule has 0 fully saturated rings. The molecular weight excluding hydrogens is 604 g/mol. The lowest BCUT2D eigenvalue weighted by atomic mass is 10.0. The number of fused-ring (bicyclic) bond motifs is 2. The third-order valence-electron chi connectivity index (χ3n) is 6.79. The van der Waals surface area contributed by atoms with Gasteiger partial charge >= 0.3 is 0 Å². The molecule has 0 aromatic heterocycles. The van der Waals surface area contributed by atoms with Crippen LogP contribution in [0, 0.1) is 11.8 Å². The van der Waals surface area contributed by atoms with Gasteiger partial charge < -0.3 is 39.8 Å². The van der Waals surface area contributed by atoms with Crippen molar-refractivity contribution in [1.29, 1.82) is 0 Å². The Labute approximate surface area is 276 Å². The van der Waals surface area contributed by atoms with Crippen LogP contribution in [0.2, 0.25) is 0 Å². The van der Waals surface area contributed by atoms with Crippen LogP contribution in [0.15, 0.2) is 48.5 Å². The zero-order chi connectivity index (χ0) is 33.7. The molecule has 2 aromatic carbocycles. The molecule has 3 N–H and O–H groups in total. The van der Waals surface area contributed by atoms with Gasteiger partial charge in [0.25, 0.3) is 0 Å². The number of para-hydroxylation sites is 1. The first-order valence-corrected chi connectivity index (χ1v) is 16.0. The maximum atomic E-state index is 13.2. The number of nitrogens with one attached hydrogen (secondary N) is 3. The first-order chi connectivity index (χ1) is 22.8. The van der Waals surface area contributed by atoms with Crippen molar-refractivity contribution in [2.75, 3.05) is 70.8 Å². The van der Waals surface area contributed by atoms with Crippen LogP contribution in [0.25, 0.3) is 0 Å². The Morgan fingerprint density at radius 2 is 1.26 bits per heavy atom. The van der Waals surface area contributed by atoms with Gasteiger partial charge in [0, 0.05) is 43.0 Å². The maximum Gasteiger partial charge on any atom is 0.239 e. The molecule has 0 aliphatic carbocycles. The lowest BCUT2D eigenvalue weighted by Crippen LogP contribution is -2.40. The second-order valence-corrected chi connectivity index (χ2v) is 11.0. The molecule has 0 bridgehead atoms. The summed E-state index contributed by atoms with van der Waals surface area (Å²) >= 11 is 0. The summed E-state index contributed by atoms with van der Waals surface area (Å²) in [5.41, 5.74) is 3.38. The minimum absolute atomic E-state index is 0.0287. The molecule has 47 heavy (non-hydrogen) atoms. The highest BCUT2D eigenvalue weighted by Crippen LogP contribution is 2.26. The molecular formula is C35H46N4O8. The van der Waals surface area contributed by atoms with Gasteiger partial charge in [0.2, 0.25) is 23.6 Å². The molecule has 1 aliphatic heterocycles. The molecule has 0 unspecified atom stereocenters. The molecule has 0 radical (unpaired) electrons. The molecule has 0 saturated carbocycles. The van der Waals surface area contributed by atoms with Crippen molar-refractivity contribution in [3.63, 3.8) is 0 Å². The first-order valence-electron chi connectivity index (χ1n) is 16.0. The van der Waals surface area contributed by atoms with E-state index in [0.717, 1.165) is 22.4 Å². The molecule has 254 valence electrons. The monoisotopic (exact) mass is 650 g/mol. The van der Waals surface area contributed by atoms with Gasteiger partial charge in [0.15, 0.2) is 0 Å². The average Bonchev–Trinajstić information content (AvgIpc) is 3.05. The van der Waals surface area contributed by atoms with Crippen LogP contribution >= 0.6 is 0 Å². The van der Waals surface area contributed by atoms with Crippen LogP contribution in [0.5, 0.6) is 0 Å². The quantitative estimate of drug-likeness (QED) is 0.137. The Kier molecular flexibility index (Phi) is 17.0. The van der Waals surface area contributed by atoms with Crippen molar-refractivity contribution in [1.82, 2.24) is 16.0 Å². The normalized spacial score (nSPS) is 11.8. The van der Waals surface area contributed by atoms with E-state index in [4.69, 9.17) is 18.9 Å². The van der Waals surface area contributed by atoms with Crippen molar-refractivity contribution >= 4 is 29.3 Å². The summed E-state index contributed by atoms with van der Waals surface area (Å²) in [5.74, 6) is 5.56. The van der Waals surface area contributed by atoms with Crippen LogP contribution < -0.4 is 20.9 Å². The Hall–Kier alpha value is -4.28. The second-order valence-electron chi connectivity index (χ2n) is 11.0. The van der Waals surface area contributed by atoms with Crippen LogP contribution in [0.4, 0.5) is 5.69 Å². The van der Waals surface area contributed by atoms with Crippen LogP contribution in [-0.4, -0.2) is 95.6 Å². The topological polar surface area (TPSA) is 145 Å². The molecule has 3 rings (SSSR count). The standard InChI is InChI=1S/C35H46N4O8/c1-27(2)38-34(42)25-37-33(41)15-17-44-19-21-46-23-24-47-22-20-45-18-16-36-32(40)13-14-35(43)39-26-30-9-4-3-7-28(30)11-12-29-8-5-6-10-31(29)39/h3-10,27H,13-26H2,1-2H3,(H,36,40)(H,37,41)(H,38,42). The summed E-state index contributed by atoms with van der Waals surface area (Å²) in [5, 5.41) is 8.03. The Bertz CT molecular complexity index is 1370. The van der Waals surface area contributed by atoms with E-state index in [2.05, 4.69) is 27.8 Å². The fraction of sp³-hybridized carbons (Fsp3) is 0.486. The zero-order valence-electron chi connectivity index (χ0n) is 27.3. The molecule has 12 nitrogen and oxygen atoms in total. The summed E-state index contributed by atoms with van der Waals surface area (Å²) < 4.78 is 21.7. The molecule has 12 heteroatoms. The lowest BCUT2D eigenvalue weighted by Gasteiger charge is -2.26. The van der Waals surface area contributed by atoms with Crippen LogP contribution in [0.3, 0.4) is 0 Å². The van der Waals surface area contributed by atoms with Crippen molar-refractivity contribution in [2.24, 2.45) is 0 Å². The summed E-state index contributed by atoms with van der Waals surface area (Å²) in [6.07, 6.45) is 0.324. The highest BCUT2D eigenvalue weighted by molar-refractivity contribution is 5.97. The Balaban J connectivity index is 1.15. The average molecular weight is 651 g/mol. The fourth-order valence-corrected chi connectivity index (χ4v) is 4.48. The second kappa shape index (κ2) is 21.5. The third kappa shape index (κ3) is 14.8. The van der Waals surface area contributed by atoms with Crippen molar-refractivity contribution in [3.05, 3.63) is 65.2 Å². The van der Waals surface area contributed by atoms with Crippen molar-refractivity contribution < 1.29 is 38.1 Å². The van der Waals surface area contributed by atoms with E-state index in [1.165, 1.54) is 0 Å². The Morgan fingerprint density at radius 3 is 1.96 bits per heavy atom. The van der Waals surface area contributed by atoms with Gasteiger partial charge in [-0.25, -0.2) is 0 Å².